The minimum absolute atomic E-state index is 0.549. The van der Waals surface area contributed by atoms with Crippen LogP contribution in [-0.4, -0.2) is 29.7 Å². The van der Waals surface area contributed by atoms with Crippen molar-refractivity contribution in [1.82, 2.24) is 14.9 Å². The summed E-state index contributed by atoms with van der Waals surface area (Å²) in [6.45, 7) is 7.63. The van der Waals surface area contributed by atoms with Crippen molar-refractivity contribution in [3.05, 3.63) is 11.9 Å². The van der Waals surface area contributed by atoms with Gasteiger partial charge in [-0.25, -0.2) is 4.98 Å². The van der Waals surface area contributed by atoms with Gasteiger partial charge in [-0.1, -0.05) is 13.8 Å². The second kappa shape index (κ2) is 6.05. The summed E-state index contributed by atoms with van der Waals surface area (Å²) in [6.07, 6.45) is 3.16. The molecule has 1 rings (SSSR count). The molecule has 0 saturated carbocycles. The number of imidazole rings is 1. The predicted molar refractivity (Wildman–Crippen MR) is 73.3 cm³/mol. The smallest absolute Gasteiger partial charge is 0.204 e. The molecule has 4 heteroatoms. The first kappa shape index (κ1) is 14.0. The van der Waals surface area contributed by atoms with Crippen LogP contribution in [0.1, 0.15) is 32.9 Å². The number of nitrogens with one attached hydrogen (secondary N) is 1. The molecule has 17 heavy (non-hydrogen) atoms. The van der Waals surface area contributed by atoms with E-state index in [1.807, 2.05) is 25.2 Å². The Balaban J connectivity index is 2.52. The van der Waals surface area contributed by atoms with Gasteiger partial charge in [-0.2, -0.15) is 0 Å². The molecule has 0 aliphatic heterocycles. The average Bonchev–Trinajstić information content (AvgIpc) is 2.55. The van der Waals surface area contributed by atoms with Gasteiger partial charge in [0.05, 0.1) is 11.9 Å². The van der Waals surface area contributed by atoms with Crippen molar-refractivity contribution in [2.24, 2.45) is 13.0 Å². The summed E-state index contributed by atoms with van der Waals surface area (Å²) in [5.74, 6) is 1.74. The van der Waals surface area contributed by atoms with Crippen LogP contribution in [0.25, 0.3) is 0 Å². The van der Waals surface area contributed by atoms with Crippen LogP contribution in [-0.2, 0) is 13.6 Å². The first-order valence-electron chi connectivity index (χ1n) is 6.33. The molecule has 0 spiro atoms. The first-order chi connectivity index (χ1) is 7.91. The van der Waals surface area contributed by atoms with Crippen molar-refractivity contribution in [1.29, 1.82) is 0 Å². The average molecular weight is 238 g/mol. The topological polar surface area (TPSA) is 33.1 Å². The van der Waals surface area contributed by atoms with Crippen molar-refractivity contribution in [2.75, 3.05) is 19.0 Å². The lowest BCUT2D eigenvalue weighted by molar-refractivity contribution is 0.437. The third-order valence-electron chi connectivity index (χ3n) is 2.92. The van der Waals surface area contributed by atoms with E-state index in [2.05, 4.69) is 42.7 Å². The van der Waals surface area contributed by atoms with E-state index in [0.717, 1.165) is 18.4 Å². The van der Waals surface area contributed by atoms with E-state index in [-0.39, 0.29) is 0 Å². The molecule has 0 saturated heterocycles. The molecule has 1 heterocycles. The van der Waals surface area contributed by atoms with Gasteiger partial charge in [0.1, 0.15) is 0 Å². The zero-order valence-corrected chi connectivity index (χ0v) is 12.0. The molecule has 1 N–H and O–H groups in total. The van der Waals surface area contributed by atoms with Gasteiger partial charge in [-0.15, -0.1) is 0 Å². The van der Waals surface area contributed by atoms with Crippen molar-refractivity contribution >= 4 is 5.95 Å². The lowest BCUT2D eigenvalue weighted by Crippen LogP contribution is -2.27. The van der Waals surface area contributed by atoms with Gasteiger partial charge in [0.25, 0.3) is 0 Å². The molecule has 98 valence electrons. The number of rotatable bonds is 6. The van der Waals surface area contributed by atoms with E-state index in [1.54, 1.807) is 0 Å². The lowest BCUT2D eigenvalue weighted by atomic mass is 10.1. The second-order valence-electron chi connectivity index (χ2n) is 5.41. The maximum Gasteiger partial charge on any atom is 0.204 e. The summed E-state index contributed by atoms with van der Waals surface area (Å²) in [5.41, 5.74) is 1.23. The normalized spacial score (nSPS) is 13.1. The van der Waals surface area contributed by atoms with Gasteiger partial charge < -0.3 is 14.8 Å². The molecule has 4 nitrogen and oxygen atoms in total. The predicted octanol–water partition coefficient (Wildman–Crippen LogP) is 2.01. The third kappa shape index (κ3) is 4.04. The molecule has 1 aromatic rings. The number of aromatic nitrogens is 2. The molecule has 1 atom stereocenters. The Morgan fingerprint density at radius 3 is 2.47 bits per heavy atom. The van der Waals surface area contributed by atoms with Gasteiger partial charge in [-0.3, -0.25) is 0 Å². The summed E-state index contributed by atoms with van der Waals surface area (Å²) in [5, 5.41) is 3.54. The number of hydrogen-bond donors (Lipinski definition) is 1. The summed E-state index contributed by atoms with van der Waals surface area (Å²) in [6, 6.07) is 0.549. The fourth-order valence-corrected chi connectivity index (χ4v) is 2.08. The Labute approximate surface area is 105 Å². The molecule has 0 amide bonds. The standard InChI is InChI=1S/C13H26N4/c1-10(2)7-11(3)14-8-12-9-15-13(16(4)5)17(12)6/h9-11,14H,7-8H2,1-6H3. The molecule has 0 aliphatic rings. The molecule has 0 aliphatic carbocycles. The largest absolute Gasteiger partial charge is 0.348 e. The van der Waals surface area contributed by atoms with Crippen LogP contribution in [0.5, 0.6) is 0 Å². The fourth-order valence-electron chi connectivity index (χ4n) is 2.08. The summed E-state index contributed by atoms with van der Waals surface area (Å²) in [4.78, 5) is 6.43. The van der Waals surface area contributed by atoms with Gasteiger partial charge in [0.2, 0.25) is 5.95 Å². The van der Waals surface area contributed by atoms with E-state index < -0.39 is 0 Å². The highest BCUT2D eigenvalue weighted by Crippen LogP contribution is 2.11. The highest BCUT2D eigenvalue weighted by molar-refractivity contribution is 5.30. The molecular weight excluding hydrogens is 212 g/mol. The van der Waals surface area contributed by atoms with Crippen LogP contribution in [0.3, 0.4) is 0 Å². The lowest BCUT2D eigenvalue weighted by Gasteiger charge is -2.17. The molecule has 1 aromatic heterocycles. The summed E-state index contributed by atoms with van der Waals surface area (Å²) < 4.78 is 2.13. The van der Waals surface area contributed by atoms with E-state index in [4.69, 9.17) is 0 Å². The van der Waals surface area contributed by atoms with Gasteiger partial charge in [0, 0.05) is 33.7 Å². The maximum atomic E-state index is 4.40. The molecule has 0 radical (unpaired) electrons. The molecule has 0 fully saturated rings. The number of anilines is 1. The van der Waals surface area contributed by atoms with Crippen LogP contribution >= 0.6 is 0 Å². The fraction of sp³-hybridized carbons (Fsp3) is 0.769. The van der Waals surface area contributed by atoms with E-state index in [1.165, 1.54) is 12.1 Å². The Morgan fingerprint density at radius 2 is 2.00 bits per heavy atom. The Hall–Kier alpha value is -1.03. The van der Waals surface area contributed by atoms with Crippen molar-refractivity contribution < 1.29 is 0 Å². The van der Waals surface area contributed by atoms with Crippen LogP contribution in [0.2, 0.25) is 0 Å². The highest BCUT2D eigenvalue weighted by Gasteiger charge is 2.09. The van der Waals surface area contributed by atoms with E-state index in [9.17, 15) is 0 Å². The van der Waals surface area contributed by atoms with Crippen molar-refractivity contribution in [2.45, 2.75) is 39.8 Å². The van der Waals surface area contributed by atoms with Crippen LogP contribution in [0.15, 0.2) is 6.20 Å². The van der Waals surface area contributed by atoms with Crippen molar-refractivity contribution in [3.8, 4) is 0 Å². The van der Waals surface area contributed by atoms with Crippen LogP contribution in [0.4, 0.5) is 5.95 Å². The number of nitrogens with zero attached hydrogens (tertiary/aromatic N) is 3. The quantitative estimate of drug-likeness (QED) is 0.823. The SMILES string of the molecule is CC(C)CC(C)NCc1cnc(N(C)C)n1C. The van der Waals surface area contributed by atoms with Crippen LogP contribution < -0.4 is 10.2 Å². The van der Waals surface area contributed by atoms with Gasteiger partial charge in [-0.05, 0) is 19.3 Å². The van der Waals surface area contributed by atoms with Crippen LogP contribution in [0, 0.1) is 5.92 Å². The van der Waals surface area contributed by atoms with E-state index >= 15 is 0 Å². The zero-order chi connectivity index (χ0) is 13.0. The summed E-state index contributed by atoms with van der Waals surface area (Å²) >= 11 is 0. The molecule has 1 unspecified atom stereocenters. The second-order valence-corrected chi connectivity index (χ2v) is 5.41. The first-order valence-corrected chi connectivity index (χ1v) is 6.33. The molecule has 0 aromatic carbocycles. The van der Waals surface area contributed by atoms with Gasteiger partial charge >= 0.3 is 0 Å². The maximum absolute atomic E-state index is 4.40. The summed E-state index contributed by atoms with van der Waals surface area (Å²) in [7, 11) is 6.09. The molecule has 0 bridgehead atoms. The molecular formula is C13H26N4. The zero-order valence-electron chi connectivity index (χ0n) is 12.0. The monoisotopic (exact) mass is 238 g/mol. The third-order valence-corrected chi connectivity index (χ3v) is 2.92. The minimum atomic E-state index is 0.549. The van der Waals surface area contributed by atoms with Crippen molar-refractivity contribution in [3.63, 3.8) is 0 Å². The Morgan fingerprint density at radius 1 is 1.35 bits per heavy atom. The number of hydrogen-bond acceptors (Lipinski definition) is 3. The van der Waals surface area contributed by atoms with Gasteiger partial charge in [0.15, 0.2) is 0 Å². The van der Waals surface area contributed by atoms with E-state index in [0.29, 0.717) is 6.04 Å². The highest BCUT2D eigenvalue weighted by atomic mass is 15.3. The Kier molecular flexibility index (Phi) is 5.00. The minimum Gasteiger partial charge on any atom is -0.348 e. The Bertz CT molecular complexity index is 341.